The lowest BCUT2D eigenvalue weighted by Crippen LogP contribution is -1.99. The second-order valence-corrected chi connectivity index (χ2v) is 5.00. The van der Waals surface area contributed by atoms with Gasteiger partial charge in [-0.25, -0.2) is 5.10 Å². The second-order valence-electron chi connectivity index (χ2n) is 4.63. The van der Waals surface area contributed by atoms with Gasteiger partial charge in [0.25, 0.3) is 4.84 Å². The van der Waals surface area contributed by atoms with Crippen molar-refractivity contribution in [1.29, 1.82) is 0 Å². The normalized spacial score (nSPS) is 11.4. The fraction of sp³-hybridized carbons (Fsp3) is 0.0667. The molecule has 0 fully saturated rings. The van der Waals surface area contributed by atoms with Crippen LogP contribution in [0.2, 0.25) is 0 Å². The van der Waals surface area contributed by atoms with Gasteiger partial charge in [0, 0.05) is 21.8 Å². The average molecular weight is 281 g/mol. The number of nitrogens with zero attached hydrogens (tertiary/aromatic N) is 2. The smallest absolute Gasteiger partial charge is 0.284 e. The molecule has 0 amide bonds. The molecule has 5 heteroatoms. The number of rotatable bonds is 2. The summed E-state index contributed by atoms with van der Waals surface area (Å²) in [7, 11) is 0. The monoisotopic (exact) mass is 281 g/mol. The molecular weight excluding hydrogens is 270 g/mol. The Balaban J connectivity index is 2.02. The SMILES string of the molecule is S=c1[nH]nc(Cn2c3ccccc3c3ccccc32)o1. The van der Waals surface area contributed by atoms with Crippen LogP contribution in [0.5, 0.6) is 0 Å². The van der Waals surface area contributed by atoms with Gasteiger partial charge >= 0.3 is 0 Å². The minimum atomic E-state index is 0.306. The van der Waals surface area contributed by atoms with Gasteiger partial charge in [-0.2, -0.15) is 0 Å². The number of aromatic nitrogens is 3. The number of nitrogens with one attached hydrogen (secondary N) is 1. The quantitative estimate of drug-likeness (QED) is 0.567. The summed E-state index contributed by atoms with van der Waals surface area (Å²) in [6, 6.07) is 16.7. The summed E-state index contributed by atoms with van der Waals surface area (Å²) in [6.45, 7) is 0.557. The van der Waals surface area contributed by atoms with E-state index in [9.17, 15) is 0 Å². The van der Waals surface area contributed by atoms with E-state index in [4.69, 9.17) is 16.6 Å². The van der Waals surface area contributed by atoms with Crippen LogP contribution >= 0.6 is 12.2 Å². The molecule has 0 radical (unpaired) electrons. The Morgan fingerprint density at radius 1 is 1.00 bits per heavy atom. The summed E-state index contributed by atoms with van der Waals surface area (Å²) in [5.41, 5.74) is 2.33. The number of fused-ring (bicyclic) bond motifs is 3. The van der Waals surface area contributed by atoms with Crippen LogP contribution in [-0.2, 0) is 6.54 Å². The number of para-hydroxylation sites is 2. The third-order valence-electron chi connectivity index (χ3n) is 3.46. The molecule has 0 aliphatic heterocycles. The molecule has 0 bridgehead atoms. The number of H-pyrrole nitrogens is 1. The molecule has 0 atom stereocenters. The van der Waals surface area contributed by atoms with Crippen molar-refractivity contribution >= 4 is 34.0 Å². The van der Waals surface area contributed by atoms with E-state index in [-0.39, 0.29) is 0 Å². The summed E-state index contributed by atoms with van der Waals surface area (Å²) in [5, 5.41) is 9.22. The molecule has 1 N–H and O–H groups in total. The standard InChI is InChI=1S/C15H11N3OS/c20-15-17-16-14(19-15)9-18-12-7-3-1-5-10(12)11-6-2-4-8-13(11)18/h1-8H,9H2,(H,17,20). The number of hydrogen-bond donors (Lipinski definition) is 1. The first kappa shape index (κ1) is 11.4. The van der Waals surface area contributed by atoms with Crippen LogP contribution < -0.4 is 0 Å². The minimum Gasteiger partial charge on any atom is -0.412 e. The highest BCUT2D eigenvalue weighted by Gasteiger charge is 2.11. The van der Waals surface area contributed by atoms with Gasteiger partial charge in [-0.3, -0.25) is 0 Å². The van der Waals surface area contributed by atoms with Gasteiger partial charge in [-0.1, -0.05) is 36.4 Å². The molecule has 20 heavy (non-hydrogen) atoms. The predicted octanol–water partition coefficient (Wildman–Crippen LogP) is 3.89. The fourth-order valence-electron chi connectivity index (χ4n) is 2.64. The van der Waals surface area contributed by atoms with Crippen LogP contribution in [0.25, 0.3) is 21.8 Å². The van der Waals surface area contributed by atoms with E-state index in [1.165, 1.54) is 10.8 Å². The molecule has 98 valence electrons. The van der Waals surface area contributed by atoms with Crippen molar-refractivity contribution in [3.63, 3.8) is 0 Å². The maximum Gasteiger partial charge on any atom is 0.284 e. The van der Waals surface area contributed by atoms with Gasteiger partial charge in [-0.05, 0) is 24.4 Å². The largest absolute Gasteiger partial charge is 0.412 e. The lowest BCUT2D eigenvalue weighted by atomic mass is 10.2. The Bertz CT molecular complexity index is 910. The first-order chi connectivity index (χ1) is 9.83. The number of aromatic amines is 1. The van der Waals surface area contributed by atoms with Crippen molar-refractivity contribution in [1.82, 2.24) is 14.8 Å². The average Bonchev–Trinajstić information content (AvgIpc) is 3.03. The molecule has 0 aliphatic carbocycles. The summed E-state index contributed by atoms with van der Waals surface area (Å²) in [5.74, 6) is 0.585. The summed E-state index contributed by atoms with van der Waals surface area (Å²) in [6.07, 6.45) is 0. The molecule has 4 nitrogen and oxygen atoms in total. The van der Waals surface area contributed by atoms with Crippen molar-refractivity contribution in [3.8, 4) is 0 Å². The zero-order valence-corrected chi connectivity index (χ0v) is 11.4. The molecule has 2 aromatic heterocycles. The second kappa shape index (κ2) is 4.31. The maximum absolute atomic E-state index is 5.38. The Labute approximate surface area is 119 Å². The van der Waals surface area contributed by atoms with E-state index in [0.717, 1.165) is 11.0 Å². The van der Waals surface area contributed by atoms with Gasteiger partial charge in [0.2, 0.25) is 5.89 Å². The van der Waals surface area contributed by atoms with Crippen LogP contribution in [0.3, 0.4) is 0 Å². The molecule has 0 saturated heterocycles. The highest BCUT2D eigenvalue weighted by atomic mass is 32.1. The third-order valence-corrected chi connectivity index (χ3v) is 3.63. The lowest BCUT2D eigenvalue weighted by molar-refractivity contribution is 0.471. The predicted molar refractivity (Wildman–Crippen MR) is 80.2 cm³/mol. The van der Waals surface area contributed by atoms with E-state index < -0.39 is 0 Å². The van der Waals surface area contributed by atoms with Crippen LogP contribution in [-0.4, -0.2) is 14.8 Å². The lowest BCUT2D eigenvalue weighted by Gasteiger charge is -2.03. The van der Waals surface area contributed by atoms with E-state index >= 15 is 0 Å². The van der Waals surface area contributed by atoms with E-state index in [0.29, 0.717) is 17.3 Å². The van der Waals surface area contributed by atoms with Crippen molar-refractivity contribution in [2.75, 3.05) is 0 Å². The number of benzene rings is 2. The molecule has 4 rings (SSSR count). The highest BCUT2D eigenvalue weighted by molar-refractivity contribution is 7.71. The topological polar surface area (TPSA) is 46.8 Å². The van der Waals surface area contributed by atoms with Crippen LogP contribution in [0.15, 0.2) is 52.9 Å². The maximum atomic E-state index is 5.38. The zero-order chi connectivity index (χ0) is 13.5. The van der Waals surface area contributed by atoms with Crippen LogP contribution in [0.4, 0.5) is 0 Å². The minimum absolute atomic E-state index is 0.306. The van der Waals surface area contributed by atoms with Crippen molar-refractivity contribution in [3.05, 3.63) is 59.3 Å². The molecule has 2 aromatic carbocycles. The van der Waals surface area contributed by atoms with E-state index in [2.05, 4.69) is 51.2 Å². The van der Waals surface area contributed by atoms with Crippen molar-refractivity contribution in [2.24, 2.45) is 0 Å². The summed E-state index contributed by atoms with van der Waals surface area (Å²) >= 11 is 4.93. The first-order valence-corrected chi connectivity index (χ1v) is 6.74. The molecular formula is C15H11N3OS. The van der Waals surface area contributed by atoms with Gasteiger partial charge in [0.05, 0.1) is 0 Å². The molecule has 0 unspecified atom stereocenters. The van der Waals surface area contributed by atoms with Crippen molar-refractivity contribution < 1.29 is 4.42 Å². The van der Waals surface area contributed by atoms with Gasteiger partial charge in [-0.15, -0.1) is 5.10 Å². The molecule has 0 aliphatic rings. The Kier molecular flexibility index (Phi) is 2.47. The Morgan fingerprint density at radius 3 is 2.15 bits per heavy atom. The summed E-state index contributed by atoms with van der Waals surface area (Å²) in [4.78, 5) is 0.306. The third kappa shape index (κ3) is 1.67. The van der Waals surface area contributed by atoms with Gasteiger partial charge in [0.15, 0.2) is 0 Å². The first-order valence-electron chi connectivity index (χ1n) is 6.33. The molecule has 4 aromatic rings. The summed E-state index contributed by atoms with van der Waals surface area (Å²) < 4.78 is 7.58. The molecule has 0 spiro atoms. The van der Waals surface area contributed by atoms with Crippen LogP contribution in [0.1, 0.15) is 5.89 Å². The fourth-order valence-corrected chi connectivity index (χ4v) is 2.78. The number of hydrogen-bond acceptors (Lipinski definition) is 3. The Morgan fingerprint density at radius 2 is 1.60 bits per heavy atom. The van der Waals surface area contributed by atoms with E-state index in [1.54, 1.807) is 0 Å². The highest BCUT2D eigenvalue weighted by Crippen LogP contribution is 2.29. The Hall–Kier alpha value is -2.40. The van der Waals surface area contributed by atoms with Crippen molar-refractivity contribution in [2.45, 2.75) is 6.54 Å². The zero-order valence-electron chi connectivity index (χ0n) is 10.5. The van der Waals surface area contributed by atoms with Gasteiger partial charge < -0.3 is 8.98 Å². The van der Waals surface area contributed by atoms with Gasteiger partial charge in [0.1, 0.15) is 6.54 Å². The molecule has 0 saturated carbocycles. The van der Waals surface area contributed by atoms with E-state index in [1.807, 2.05) is 12.1 Å². The molecule has 2 heterocycles. The van der Waals surface area contributed by atoms with Crippen LogP contribution in [0, 0.1) is 4.84 Å².